The van der Waals surface area contributed by atoms with Crippen LogP contribution in [0.5, 0.6) is 0 Å². The molecule has 1 aromatic carbocycles. The molecular formula is C14H10ClNOS. The van der Waals surface area contributed by atoms with Crippen LogP contribution in [-0.4, -0.2) is 10.1 Å². The zero-order valence-electron chi connectivity index (χ0n) is 9.38. The van der Waals surface area contributed by atoms with Gasteiger partial charge in [-0.1, -0.05) is 35.9 Å². The largest absolute Gasteiger partial charge is 0.383 e. The predicted octanol–water partition coefficient (Wildman–Crippen LogP) is 4.03. The Morgan fingerprint density at radius 1 is 1.22 bits per heavy atom. The quantitative estimate of drug-likeness (QED) is 0.766. The molecule has 2 nitrogen and oxygen atoms in total. The third kappa shape index (κ3) is 2.01. The van der Waals surface area contributed by atoms with E-state index in [4.69, 9.17) is 11.6 Å². The van der Waals surface area contributed by atoms with E-state index < -0.39 is 6.10 Å². The van der Waals surface area contributed by atoms with Crippen LogP contribution in [0.4, 0.5) is 0 Å². The lowest BCUT2D eigenvalue weighted by atomic mass is 10.0. The molecule has 18 heavy (non-hydrogen) atoms. The highest BCUT2D eigenvalue weighted by molar-refractivity contribution is 7.10. The van der Waals surface area contributed by atoms with Gasteiger partial charge in [-0.3, -0.25) is 4.98 Å². The van der Waals surface area contributed by atoms with Gasteiger partial charge >= 0.3 is 0 Å². The number of pyridine rings is 1. The molecule has 1 unspecified atom stereocenters. The predicted molar refractivity (Wildman–Crippen MR) is 75.1 cm³/mol. The Labute approximate surface area is 113 Å². The zero-order valence-corrected chi connectivity index (χ0v) is 10.9. The second-order valence-corrected chi connectivity index (χ2v) is 5.40. The van der Waals surface area contributed by atoms with Gasteiger partial charge in [-0.05, 0) is 11.5 Å². The fourth-order valence-electron chi connectivity index (χ4n) is 1.98. The first kappa shape index (κ1) is 11.7. The van der Waals surface area contributed by atoms with Crippen LogP contribution in [0.25, 0.3) is 10.8 Å². The van der Waals surface area contributed by atoms with Crippen molar-refractivity contribution in [2.45, 2.75) is 6.10 Å². The molecule has 2 heterocycles. The fourth-order valence-corrected chi connectivity index (χ4v) is 3.07. The smallest absolute Gasteiger partial charge is 0.115 e. The van der Waals surface area contributed by atoms with Crippen molar-refractivity contribution in [3.05, 3.63) is 63.6 Å². The number of aliphatic hydroxyl groups excluding tert-OH is 1. The van der Waals surface area contributed by atoms with E-state index in [1.807, 2.05) is 29.6 Å². The molecule has 0 aliphatic carbocycles. The highest BCUT2D eigenvalue weighted by Crippen LogP contribution is 2.32. The topological polar surface area (TPSA) is 33.1 Å². The molecule has 1 N–H and O–H groups in total. The summed E-state index contributed by atoms with van der Waals surface area (Å²) >= 11 is 7.35. The van der Waals surface area contributed by atoms with Gasteiger partial charge in [-0.25, -0.2) is 0 Å². The molecule has 0 spiro atoms. The van der Waals surface area contributed by atoms with Crippen LogP contribution in [0.15, 0.2) is 48.1 Å². The summed E-state index contributed by atoms with van der Waals surface area (Å²) in [4.78, 5) is 5.01. The molecule has 4 heteroatoms. The molecule has 0 saturated carbocycles. The highest BCUT2D eigenvalue weighted by Gasteiger charge is 2.15. The first-order valence-corrected chi connectivity index (χ1v) is 6.76. The van der Waals surface area contributed by atoms with Crippen molar-refractivity contribution in [3.8, 4) is 0 Å². The summed E-state index contributed by atoms with van der Waals surface area (Å²) in [5, 5.41) is 14.9. The summed E-state index contributed by atoms with van der Waals surface area (Å²) in [5.41, 5.74) is 0.812. The standard InChI is InChI=1S/C14H10ClNOS/c15-10-5-13(18-8-10)14(17)12-7-16-6-9-3-1-2-4-11(9)12/h1-8,14,17H. The molecule has 0 bridgehead atoms. The Bertz CT molecular complexity index is 690. The molecule has 0 radical (unpaired) electrons. The average Bonchev–Trinajstić information content (AvgIpc) is 2.84. The Hall–Kier alpha value is -1.42. The maximum absolute atomic E-state index is 10.4. The summed E-state index contributed by atoms with van der Waals surface area (Å²) in [6.45, 7) is 0. The Morgan fingerprint density at radius 3 is 2.83 bits per heavy atom. The van der Waals surface area contributed by atoms with E-state index in [1.54, 1.807) is 18.5 Å². The molecule has 90 valence electrons. The van der Waals surface area contributed by atoms with Crippen molar-refractivity contribution in [2.75, 3.05) is 0 Å². The summed E-state index contributed by atoms with van der Waals surface area (Å²) in [6, 6.07) is 9.69. The van der Waals surface area contributed by atoms with Crippen molar-refractivity contribution in [2.24, 2.45) is 0 Å². The van der Waals surface area contributed by atoms with E-state index in [-0.39, 0.29) is 0 Å². The summed E-state index contributed by atoms with van der Waals surface area (Å²) in [5.74, 6) is 0. The molecule has 0 saturated heterocycles. The second-order valence-electron chi connectivity index (χ2n) is 4.02. The number of hydrogen-bond donors (Lipinski definition) is 1. The van der Waals surface area contributed by atoms with E-state index >= 15 is 0 Å². The van der Waals surface area contributed by atoms with E-state index in [0.29, 0.717) is 5.02 Å². The maximum atomic E-state index is 10.4. The first-order chi connectivity index (χ1) is 8.75. The van der Waals surface area contributed by atoms with Crippen LogP contribution < -0.4 is 0 Å². The van der Waals surface area contributed by atoms with E-state index in [0.717, 1.165) is 21.2 Å². The molecule has 0 aliphatic rings. The molecule has 0 fully saturated rings. The molecule has 2 aromatic heterocycles. The monoisotopic (exact) mass is 275 g/mol. The number of rotatable bonds is 2. The Kier molecular flexibility index (Phi) is 3.04. The Morgan fingerprint density at radius 2 is 2.06 bits per heavy atom. The van der Waals surface area contributed by atoms with Gasteiger partial charge in [0.15, 0.2) is 0 Å². The minimum Gasteiger partial charge on any atom is -0.383 e. The van der Waals surface area contributed by atoms with Crippen LogP contribution in [0.1, 0.15) is 16.5 Å². The number of benzene rings is 1. The van der Waals surface area contributed by atoms with Crippen LogP contribution in [-0.2, 0) is 0 Å². The number of halogens is 1. The highest BCUT2D eigenvalue weighted by atomic mass is 35.5. The van der Waals surface area contributed by atoms with Gasteiger partial charge in [0.25, 0.3) is 0 Å². The van der Waals surface area contributed by atoms with E-state index in [1.165, 1.54) is 11.3 Å². The van der Waals surface area contributed by atoms with E-state index in [2.05, 4.69) is 4.98 Å². The van der Waals surface area contributed by atoms with Crippen LogP contribution in [0, 0.1) is 0 Å². The maximum Gasteiger partial charge on any atom is 0.115 e. The van der Waals surface area contributed by atoms with Gasteiger partial charge in [0.05, 0.1) is 5.02 Å². The normalized spacial score (nSPS) is 12.8. The third-order valence-electron chi connectivity index (χ3n) is 2.85. The van der Waals surface area contributed by atoms with Crippen molar-refractivity contribution in [3.63, 3.8) is 0 Å². The van der Waals surface area contributed by atoms with Gasteiger partial charge in [0.2, 0.25) is 0 Å². The van der Waals surface area contributed by atoms with Gasteiger partial charge in [-0.15, -0.1) is 11.3 Å². The minimum absolute atomic E-state index is 0.655. The first-order valence-electron chi connectivity index (χ1n) is 5.50. The van der Waals surface area contributed by atoms with Gasteiger partial charge in [0.1, 0.15) is 6.10 Å². The van der Waals surface area contributed by atoms with E-state index in [9.17, 15) is 5.11 Å². The summed E-state index contributed by atoms with van der Waals surface area (Å²) in [6.07, 6.45) is 2.83. The van der Waals surface area contributed by atoms with Crippen molar-refractivity contribution < 1.29 is 5.11 Å². The fraction of sp³-hybridized carbons (Fsp3) is 0.0714. The molecule has 0 aliphatic heterocycles. The third-order valence-corrected chi connectivity index (χ3v) is 4.18. The summed E-state index contributed by atoms with van der Waals surface area (Å²) < 4.78 is 0. The van der Waals surface area contributed by atoms with Crippen molar-refractivity contribution in [1.29, 1.82) is 0 Å². The van der Waals surface area contributed by atoms with Crippen molar-refractivity contribution >= 4 is 33.7 Å². The minimum atomic E-state index is -0.680. The molecular weight excluding hydrogens is 266 g/mol. The SMILES string of the molecule is OC(c1cc(Cl)cs1)c1cncc2ccccc12. The molecule has 3 aromatic rings. The number of aromatic nitrogens is 1. The average molecular weight is 276 g/mol. The van der Waals surface area contributed by atoms with Crippen LogP contribution >= 0.6 is 22.9 Å². The van der Waals surface area contributed by atoms with Gasteiger partial charge in [-0.2, -0.15) is 0 Å². The number of fused-ring (bicyclic) bond motifs is 1. The lowest BCUT2D eigenvalue weighted by Crippen LogP contribution is -1.99. The second kappa shape index (κ2) is 4.69. The number of aliphatic hydroxyl groups is 1. The van der Waals surface area contributed by atoms with Crippen LogP contribution in [0.3, 0.4) is 0 Å². The van der Waals surface area contributed by atoms with Crippen molar-refractivity contribution in [1.82, 2.24) is 4.98 Å². The van der Waals surface area contributed by atoms with Gasteiger partial charge in [0, 0.05) is 33.6 Å². The number of thiophene rings is 1. The lowest BCUT2D eigenvalue weighted by molar-refractivity contribution is 0.225. The molecule has 3 rings (SSSR count). The Balaban J connectivity index is 2.14. The number of hydrogen-bond acceptors (Lipinski definition) is 3. The molecule has 1 atom stereocenters. The van der Waals surface area contributed by atoms with Gasteiger partial charge < -0.3 is 5.11 Å². The van der Waals surface area contributed by atoms with Crippen LogP contribution in [0.2, 0.25) is 5.02 Å². The number of nitrogens with zero attached hydrogens (tertiary/aromatic N) is 1. The summed E-state index contributed by atoms with van der Waals surface area (Å²) in [7, 11) is 0. The molecule has 0 amide bonds. The lowest BCUT2D eigenvalue weighted by Gasteiger charge is -2.11. The zero-order chi connectivity index (χ0) is 12.5.